The van der Waals surface area contributed by atoms with E-state index in [1.807, 2.05) is 6.92 Å². The Kier molecular flexibility index (Phi) is 4.42. The molecule has 0 aliphatic carbocycles. The van der Waals surface area contributed by atoms with Crippen LogP contribution in [0, 0.1) is 0 Å². The number of rotatable bonds is 3. The maximum absolute atomic E-state index is 6.07. The van der Waals surface area contributed by atoms with Crippen molar-refractivity contribution in [1.82, 2.24) is 9.97 Å². The SMILES string of the molecule is CCOC1CCN(c2nc(Cl)ncc2Cl)CC1. The number of piperidine rings is 1. The van der Waals surface area contributed by atoms with E-state index in [0.717, 1.165) is 38.4 Å². The maximum atomic E-state index is 6.07. The van der Waals surface area contributed by atoms with Gasteiger partial charge in [0.15, 0.2) is 5.82 Å². The van der Waals surface area contributed by atoms with E-state index >= 15 is 0 Å². The van der Waals surface area contributed by atoms with Crippen LogP contribution in [0.3, 0.4) is 0 Å². The lowest BCUT2D eigenvalue weighted by Gasteiger charge is -2.32. The van der Waals surface area contributed by atoms with E-state index < -0.39 is 0 Å². The number of hydrogen-bond acceptors (Lipinski definition) is 4. The summed E-state index contributed by atoms with van der Waals surface area (Å²) < 4.78 is 5.60. The molecular weight excluding hydrogens is 261 g/mol. The van der Waals surface area contributed by atoms with Crippen molar-refractivity contribution in [2.24, 2.45) is 0 Å². The standard InChI is InChI=1S/C11H15Cl2N3O/c1-2-17-8-3-5-16(6-4-8)10-9(12)7-14-11(13)15-10/h7-8H,2-6H2,1H3. The van der Waals surface area contributed by atoms with Crippen molar-refractivity contribution < 1.29 is 4.74 Å². The van der Waals surface area contributed by atoms with Gasteiger partial charge in [-0.25, -0.2) is 4.98 Å². The van der Waals surface area contributed by atoms with Crippen molar-refractivity contribution in [3.8, 4) is 0 Å². The minimum absolute atomic E-state index is 0.233. The van der Waals surface area contributed by atoms with E-state index in [1.54, 1.807) is 6.20 Å². The molecule has 0 amide bonds. The molecule has 4 nitrogen and oxygen atoms in total. The molecule has 1 aliphatic heterocycles. The van der Waals surface area contributed by atoms with Crippen LogP contribution < -0.4 is 4.90 Å². The van der Waals surface area contributed by atoms with Gasteiger partial charge in [-0.3, -0.25) is 0 Å². The summed E-state index contributed by atoms with van der Waals surface area (Å²) in [4.78, 5) is 10.2. The fourth-order valence-electron chi connectivity index (χ4n) is 2.03. The lowest BCUT2D eigenvalue weighted by atomic mass is 10.1. The summed E-state index contributed by atoms with van der Waals surface area (Å²) in [7, 11) is 0. The summed E-state index contributed by atoms with van der Waals surface area (Å²) in [6, 6.07) is 0. The predicted molar refractivity (Wildman–Crippen MR) is 68.9 cm³/mol. The van der Waals surface area contributed by atoms with Crippen LogP contribution in [-0.4, -0.2) is 35.8 Å². The number of nitrogens with zero attached hydrogens (tertiary/aromatic N) is 3. The van der Waals surface area contributed by atoms with Crippen LogP contribution in [0.5, 0.6) is 0 Å². The lowest BCUT2D eigenvalue weighted by Crippen LogP contribution is -2.37. The van der Waals surface area contributed by atoms with Gasteiger partial charge in [-0.15, -0.1) is 0 Å². The smallest absolute Gasteiger partial charge is 0.224 e. The molecule has 0 N–H and O–H groups in total. The van der Waals surface area contributed by atoms with Crippen LogP contribution in [0.2, 0.25) is 10.3 Å². The van der Waals surface area contributed by atoms with Crippen molar-refractivity contribution in [3.05, 3.63) is 16.5 Å². The highest BCUT2D eigenvalue weighted by molar-refractivity contribution is 6.33. The quantitative estimate of drug-likeness (QED) is 0.796. The average molecular weight is 276 g/mol. The van der Waals surface area contributed by atoms with Crippen LogP contribution >= 0.6 is 23.2 Å². The highest BCUT2D eigenvalue weighted by atomic mass is 35.5. The summed E-state index contributed by atoms with van der Waals surface area (Å²) in [5.41, 5.74) is 0. The molecule has 1 saturated heterocycles. The summed E-state index contributed by atoms with van der Waals surface area (Å²) in [6.07, 6.45) is 3.88. The van der Waals surface area contributed by atoms with Gasteiger partial charge in [-0.1, -0.05) is 11.6 Å². The van der Waals surface area contributed by atoms with Crippen molar-refractivity contribution in [3.63, 3.8) is 0 Å². The third-order valence-corrected chi connectivity index (χ3v) is 3.29. The van der Waals surface area contributed by atoms with Gasteiger partial charge < -0.3 is 9.64 Å². The summed E-state index contributed by atoms with van der Waals surface area (Å²) >= 11 is 11.9. The van der Waals surface area contributed by atoms with Gasteiger partial charge in [-0.2, -0.15) is 4.98 Å². The van der Waals surface area contributed by atoms with Crippen LogP contribution in [0.4, 0.5) is 5.82 Å². The minimum atomic E-state index is 0.233. The Bertz CT molecular complexity index is 381. The largest absolute Gasteiger partial charge is 0.378 e. The zero-order chi connectivity index (χ0) is 12.3. The van der Waals surface area contributed by atoms with Crippen LogP contribution in [0.15, 0.2) is 6.20 Å². The second-order valence-corrected chi connectivity index (χ2v) is 4.70. The van der Waals surface area contributed by atoms with Gasteiger partial charge in [0.2, 0.25) is 5.28 Å². The van der Waals surface area contributed by atoms with Gasteiger partial charge in [0, 0.05) is 19.7 Å². The highest BCUT2D eigenvalue weighted by Crippen LogP contribution is 2.27. The lowest BCUT2D eigenvalue weighted by molar-refractivity contribution is 0.0458. The van der Waals surface area contributed by atoms with E-state index in [-0.39, 0.29) is 5.28 Å². The molecule has 0 unspecified atom stereocenters. The molecule has 0 bridgehead atoms. The molecule has 1 fully saturated rings. The summed E-state index contributed by atoms with van der Waals surface area (Å²) in [5, 5.41) is 0.778. The Morgan fingerprint density at radius 2 is 2.12 bits per heavy atom. The van der Waals surface area contributed by atoms with Crippen molar-refractivity contribution in [1.29, 1.82) is 0 Å². The molecule has 1 aromatic heterocycles. The van der Waals surface area contributed by atoms with E-state index in [0.29, 0.717) is 11.1 Å². The second kappa shape index (κ2) is 5.85. The highest BCUT2D eigenvalue weighted by Gasteiger charge is 2.22. The first kappa shape index (κ1) is 12.9. The number of ether oxygens (including phenoxy) is 1. The second-order valence-electron chi connectivity index (χ2n) is 3.95. The molecule has 6 heteroatoms. The Morgan fingerprint density at radius 1 is 1.41 bits per heavy atom. The summed E-state index contributed by atoms with van der Waals surface area (Å²) in [5.74, 6) is 0.724. The summed E-state index contributed by atoms with van der Waals surface area (Å²) in [6.45, 7) is 4.56. The van der Waals surface area contributed by atoms with Gasteiger partial charge in [-0.05, 0) is 31.4 Å². The molecule has 2 rings (SSSR count). The third kappa shape index (κ3) is 3.21. The van der Waals surface area contributed by atoms with E-state index in [2.05, 4.69) is 14.9 Å². The molecular formula is C11H15Cl2N3O. The Morgan fingerprint density at radius 3 is 2.76 bits per heavy atom. The number of aromatic nitrogens is 2. The molecule has 1 aromatic rings. The fraction of sp³-hybridized carbons (Fsp3) is 0.636. The number of anilines is 1. The Hall–Kier alpha value is -0.580. The molecule has 1 aliphatic rings. The molecule has 0 spiro atoms. The van der Waals surface area contributed by atoms with E-state index in [4.69, 9.17) is 27.9 Å². The van der Waals surface area contributed by atoms with Crippen LogP contribution in [0.1, 0.15) is 19.8 Å². The first-order valence-electron chi connectivity index (χ1n) is 5.75. The number of hydrogen-bond donors (Lipinski definition) is 0. The first-order valence-corrected chi connectivity index (χ1v) is 6.51. The van der Waals surface area contributed by atoms with E-state index in [1.165, 1.54) is 0 Å². The van der Waals surface area contributed by atoms with Gasteiger partial charge in [0.25, 0.3) is 0 Å². The normalized spacial score (nSPS) is 17.5. The molecule has 0 radical (unpaired) electrons. The maximum Gasteiger partial charge on any atom is 0.224 e. The third-order valence-electron chi connectivity index (χ3n) is 2.84. The topological polar surface area (TPSA) is 38.2 Å². The van der Waals surface area contributed by atoms with Crippen molar-refractivity contribution >= 4 is 29.0 Å². The first-order chi connectivity index (χ1) is 8.20. The minimum Gasteiger partial charge on any atom is -0.378 e. The molecule has 0 saturated carbocycles. The van der Waals surface area contributed by atoms with Crippen molar-refractivity contribution in [2.45, 2.75) is 25.9 Å². The zero-order valence-corrected chi connectivity index (χ0v) is 11.2. The van der Waals surface area contributed by atoms with Crippen LogP contribution in [-0.2, 0) is 4.74 Å². The van der Waals surface area contributed by atoms with Gasteiger partial charge >= 0.3 is 0 Å². The van der Waals surface area contributed by atoms with Crippen molar-refractivity contribution in [2.75, 3.05) is 24.6 Å². The Labute approximate surface area is 111 Å². The Balaban J connectivity index is 2.02. The van der Waals surface area contributed by atoms with E-state index in [9.17, 15) is 0 Å². The monoisotopic (exact) mass is 275 g/mol. The molecule has 0 aromatic carbocycles. The molecule has 0 atom stereocenters. The zero-order valence-electron chi connectivity index (χ0n) is 9.70. The van der Waals surface area contributed by atoms with Gasteiger partial charge in [0.05, 0.1) is 12.3 Å². The molecule has 2 heterocycles. The predicted octanol–water partition coefficient (Wildman–Crippen LogP) is 2.79. The fourth-order valence-corrected chi connectivity index (χ4v) is 2.37. The van der Waals surface area contributed by atoms with Gasteiger partial charge in [0.1, 0.15) is 5.02 Å². The van der Waals surface area contributed by atoms with Crippen LogP contribution in [0.25, 0.3) is 0 Å². The molecule has 94 valence electrons. The molecule has 17 heavy (non-hydrogen) atoms. The average Bonchev–Trinajstić information content (AvgIpc) is 2.34. The number of halogens is 2.